The molecule has 0 spiro atoms. The first kappa shape index (κ1) is 12.7. The first-order valence-electron chi connectivity index (χ1n) is 5.63. The molecule has 0 aliphatic heterocycles. The highest BCUT2D eigenvalue weighted by atomic mass is 16.4. The Morgan fingerprint density at radius 2 is 1.68 bits per heavy atom. The highest BCUT2D eigenvalue weighted by Crippen LogP contribution is 2.07. The Labute approximate surface area is 110 Å². The van der Waals surface area contributed by atoms with Crippen molar-refractivity contribution in [2.45, 2.75) is 0 Å². The zero-order chi connectivity index (χ0) is 13.7. The van der Waals surface area contributed by atoms with Crippen LogP contribution < -0.4 is 0 Å². The number of ketones is 1. The van der Waals surface area contributed by atoms with E-state index in [1.807, 2.05) is 6.07 Å². The fourth-order valence-corrected chi connectivity index (χ4v) is 1.51. The fourth-order valence-electron chi connectivity index (χ4n) is 1.51. The summed E-state index contributed by atoms with van der Waals surface area (Å²) in [5.74, 6) is -1.20. The van der Waals surface area contributed by atoms with Crippen LogP contribution >= 0.6 is 0 Å². The highest BCUT2D eigenvalue weighted by molar-refractivity contribution is 6.07. The SMILES string of the molecule is O=C(O)c1ccc(C(=O)C=Cc2ccccn2)cc1. The van der Waals surface area contributed by atoms with E-state index in [9.17, 15) is 9.59 Å². The number of nitrogens with zero attached hydrogens (tertiary/aromatic N) is 1. The average molecular weight is 253 g/mol. The van der Waals surface area contributed by atoms with Gasteiger partial charge in [0.05, 0.1) is 11.3 Å². The lowest BCUT2D eigenvalue weighted by atomic mass is 10.1. The Balaban J connectivity index is 2.12. The van der Waals surface area contributed by atoms with Gasteiger partial charge in [0.1, 0.15) is 0 Å². The molecule has 0 bridgehead atoms. The number of allylic oxidation sites excluding steroid dienone is 1. The van der Waals surface area contributed by atoms with Crippen LogP contribution in [0, 0.1) is 0 Å². The van der Waals surface area contributed by atoms with Crippen molar-refractivity contribution < 1.29 is 14.7 Å². The second-order valence-corrected chi connectivity index (χ2v) is 3.83. The third-order valence-electron chi connectivity index (χ3n) is 2.51. The maximum Gasteiger partial charge on any atom is 0.335 e. The monoisotopic (exact) mass is 253 g/mol. The highest BCUT2D eigenvalue weighted by Gasteiger charge is 2.05. The van der Waals surface area contributed by atoms with Gasteiger partial charge in [-0.1, -0.05) is 18.2 Å². The minimum absolute atomic E-state index is 0.158. The molecular formula is C15H11NO3. The van der Waals surface area contributed by atoms with Gasteiger partial charge < -0.3 is 5.11 Å². The first-order chi connectivity index (χ1) is 9.16. The van der Waals surface area contributed by atoms with E-state index in [0.717, 1.165) is 0 Å². The summed E-state index contributed by atoms with van der Waals surface area (Å²) >= 11 is 0. The number of carboxylic acid groups (broad SMARTS) is 1. The molecule has 19 heavy (non-hydrogen) atoms. The summed E-state index contributed by atoms with van der Waals surface area (Å²) in [7, 11) is 0. The van der Waals surface area contributed by atoms with Crippen molar-refractivity contribution in [1.82, 2.24) is 4.98 Å². The van der Waals surface area contributed by atoms with Crippen LogP contribution in [0.2, 0.25) is 0 Å². The van der Waals surface area contributed by atoms with Crippen molar-refractivity contribution in [2.75, 3.05) is 0 Å². The van der Waals surface area contributed by atoms with Crippen molar-refractivity contribution >= 4 is 17.8 Å². The fraction of sp³-hybridized carbons (Fsp3) is 0. The molecule has 0 fully saturated rings. The molecule has 1 heterocycles. The van der Waals surface area contributed by atoms with Crippen LogP contribution in [-0.4, -0.2) is 21.8 Å². The van der Waals surface area contributed by atoms with E-state index in [2.05, 4.69) is 4.98 Å². The van der Waals surface area contributed by atoms with Crippen molar-refractivity contribution in [3.8, 4) is 0 Å². The molecule has 0 aliphatic carbocycles. The Bertz CT molecular complexity index is 616. The molecule has 0 unspecified atom stereocenters. The first-order valence-corrected chi connectivity index (χ1v) is 5.63. The van der Waals surface area contributed by atoms with Crippen molar-refractivity contribution in [3.05, 3.63) is 71.6 Å². The van der Waals surface area contributed by atoms with E-state index < -0.39 is 5.97 Å². The van der Waals surface area contributed by atoms with E-state index >= 15 is 0 Å². The smallest absolute Gasteiger partial charge is 0.335 e. The molecule has 0 aliphatic rings. The van der Waals surface area contributed by atoms with Crippen LogP contribution in [0.15, 0.2) is 54.7 Å². The zero-order valence-electron chi connectivity index (χ0n) is 9.98. The zero-order valence-corrected chi connectivity index (χ0v) is 9.98. The number of aromatic nitrogens is 1. The lowest BCUT2D eigenvalue weighted by Gasteiger charge is -1.97. The second-order valence-electron chi connectivity index (χ2n) is 3.83. The Kier molecular flexibility index (Phi) is 3.83. The maximum atomic E-state index is 11.8. The number of hydrogen-bond donors (Lipinski definition) is 1. The molecule has 2 rings (SSSR count). The molecule has 4 nitrogen and oxygen atoms in total. The number of rotatable bonds is 4. The van der Waals surface area contributed by atoms with Crippen LogP contribution in [-0.2, 0) is 0 Å². The quantitative estimate of drug-likeness (QED) is 0.672. The molecule has 1 aromatic carbocycles. The second kappa shape index (κ2) is 5.73. The lowest BCUT2D eigenvalue weighted by molar-refractivity contribution is 0.0696. The number of carbonyl (C=O) groups excluding carboxylic acids is 1. The molecule has 94 valence electrons. The van der Waals surface area contributed by atoms with Gasteiger partial charge in [-0.25, -0.2) is 4.79 Å². The summed E-state index contributed by atoms with van der Waals surface area (Å²) in [6.07, 6.45) is 4.68. The summed E-state index contributed by atoms with van der Waals surface area (Å²) in [6, 6.07) is 11.2. The third kappa shape index (κ3) is 3.35. The molecule has 0 saturated heterocycles. The van der Waals surface area contributed by atoms with Gasteiger partial charge in [-0.3, -0.25) is 9.78 Å². The van der Waals surface area contributed by atoms with Crippen molar-refractivity contribution in [3.63, 3.8) is 0 Å². The number of pyridine rings is 1. The maximum absolute atomic E-state index is 11.8. The molecule has 2 aromatic rings. The lowest BCUT2D eigenvalue weighted by Crippen LogP contribution is -1.98. The van der Waals surface area contributed by atoms with E-state index in [1.54, 1.807) is 24.4 Å². The van der Waals surface area contributed by atoms with E-state index in [4.69, 9.17) is 5.11 Å². The van der Waals surface area contributed by atoms with Crippen molar-refractivity contribution in [2.24, 2.45) is 0 Å². The average Bonchev–Trinajstić information content (AvgIpc) is 2.46. The minimum Gasteiger partial charge on any atom is -0.478 e. The van der Waals surface area contributed by atoms with Gasteiger partial charge in [0.2, 0.25) is 0 Å². The molecule has 0 radical (unpaired) electrons. The van der Waals surface area contributed by atoms with E-state index in [1.165, 1.54) is 30.3 Å². The molecule has 1 N–H and O–H groups in total. The summed E-state index contributed by atoms with van der Waals surface area (Å²) < 4.78 is 0. The molecule has 0 atom stereocenters. The summed E-state index contributed by atoms with van der Waals surface area (Å²) in [5, 5.41) is 8.76. The molecule has 1 aromatic heterocycles. The topological polar surface area (TPSA) is 67.3 Å². The normalized spacial score (nSPS) is 10.5. The van der Waals surface area contributed by atoms with Gasteiger partial charge in [0.25, 0.3) is 0 Å². The van der Waals surface area contributed by atoms with Crippen LogP contribution in [0.5, 0.6) is 0 Å². The summed E-state index contributed by atoms with van der Waals surface area (Å²) in [5.41, 5.74) is 1.29. The largest absolute Gasteiger partial charge is 0.478 e. The van der Waals surface area contributed by atoms with Crippen LogP contribution in [0.1, 0.15) is 26.4 Å². The Morgan fingerprint density at radius 3 is 2.26 bits per heavy atom. The molecule has 4 heteroatoms. The predicted octanol–water partition coefficient (Wildman–Crippen LogP) is 2.68. The molecule has 0 amide bonds. The number of hydrogen-bond acceptors (Lipinski definition) is 3. The van der Waals surface area contributed by atoms with E-state index in [-0.39, 0.29) is 11.3 Å². The van der Waals surface area contributed by atoms with Crippen LogP contribution in [0.3, 0.4) is 0 Å². The van der Waals surface area contributed by atoms with Gasteiger partial charge in [0, 0.05) is 11.8 Å². The van der Waals surface area contributed by atoms with Gasteiger partial charge >= 0.3 is 5.97 Å². The van der Waals surface area contributed by atoms with Gasteiger partial charge in [-0.15, -0.1) is 0 Å². The van der Waals surface area contributed by atoms with Gasteiger partial charge in [-0.2, -0.15) is 0 Å². The summed E-state index contributed by atoms with van der Waals surface area (Å²) in [4.78, 5) is 26.6. The van der Waals surface area contributed by atoms with Gasteiger partial charge in [0.15, 0.2) is 5.78 Å². The number of aromatic carboxylic acids is 1. The minimum atomic E-state index is -1.01. The van der Waals surface area contributed by atoms with Gasteiger partial charge in [-0.05, 0) is 36.4 Å². The number of carbonyl (C=O) groups is 2. The van der Waals surface area contributed by atoms with Crippen LogP contribution in [0.4, 0.5) is 0 Å². The third-order valence-corrected chi connectivity index (χ3v) is 2.51. The van der Waals surface area contributed by atoms with Crippen LogP contribution in [0.25, 0.3) is 6.08 Å². The number of benzene rings is 1. The molecular weight excluding hydrogens is 242 g/mol. The summed E-state index contributed by atoms with van der Waals surface area (Å²) in [6.45, 7) is 0. The standard InChI is InChI=1S/C15H11NO3/c17-14(9-8-13-3-1-2-10-16-13)11-4-6-12(7-5-11)15(18)19/h1-10H,(H,18,19). The predicted molar refractivity (Wildman–Crippen MR) is 71.0 cm³/mol. The van der Waals surface area contributed by atoms with Crippen molar-refractivity contribution in [1.29, 1.82) is 0 Å². The number of carboxylic acids is 1. The molecule has 0 saturated carbocycles. The Hall–Kier alpha value is -2.75. The Morgan fingerprint density at radius 1 is 1.00 bits per heavy atom. The van der Waals surface area contributed by atoms with E-state index in [0.29, 0.717) is 11.3 Å².